The van der Waals surface area contributed by atoms with E-state index in [1.807, 2.05) is 13.8 Å². The minimum Gasteiger partial charge on any atom is -0.506 e. The molecule has 0 aliphatic carbocycles. The van der Waals surface area contributed by atoms with Gasteiger partial charge in [-0.1, -0.05) is 76.3 Å². The zero-order valence-electron chi connectivity index (χ0n) is 55.6. The van der Waals surface area contributed by atoms with Crippen molar-refractivity contribution in [3.05, 3.63) is 130 Å². The molecule has 3 amide bonds. The van der Waals surface area contributed by atoms with E-state index in [0.717, 1.165) is 12.1 Å². The molecule has 12 atom stereocenters. The fourth-order valence-electron chi connectivity index (χ4n) is 10.9. The van der Waals surface area contributed by atoms with Crippen molar-refractivity contribution in [2.75, 3.05) is 58.8 Å². The maximum atomic E-state index is 13.5. The number of nitrogens with two attached hydrogens (primary N) is 2. The van der Waals surface area contributed by atoms with Crippen molar-refractivity contribution in [1.82, 2.24) is 0 Å². The van der Waals surface area contributed by atoms with E-state index >= 15 is 0 Å². The molecule has 26 heteroatoms. The molecule has 0 fully saturated rings. The van der Waals surface area contributed by atoms with Gasteiger partial charge in [0.25, 0.3) is 11.8 Å². The number of phenolic OH excluding ortho intramolecular Hbond substituents is 4. The first-order chi connectivity index (χ1) is 45.1. The van der Waals surface area contributed by atoms with Gasteiger partial charge in [-0.3, -0.25) is 24.4 Å². The van der Waals surface area contributed by atoms with Crippen LogP contribution in [0, 0.1) is 23.7 Å². The fourth-order valence-corrected chi connectivity index (χ4v) is 10.9. The molecule has 0 radical (unpaired) electrons. The molecule has 516 valence electrons. The summed E-state index contributed by atoms with van der Waals surface area (Å²) in [6.45, 7) is 12.4. The third-order valence-electron chi connectivity index (χ3n) is 16.2. The number of carbonyl (C=O) groups excluding carboxylic acids is 6. The van der Waals surface area contributed by atoms with Crippen molar-refractivity contribution in [2.45, 2.75) is 130 Å². The Bertz CT molecular complexity index is 3460. The van der Waals surface area contributed by atoms with E-state index < -0.39 is 139 Å². The van der Waals surface area contributed by atoms with Crippen molar-refractivity contribution >= 4 is 71.0 Å². The van der Waals surface area contributed by atoms with Crippen LogP contribution in [0.25, 0.3) is 0 Å². The van der Waals surface area contributed by atoms with Gasteiger partial charge in [0.1, 0.15) is 59.8 Å². The van der Waals surface area contributed by atoms with Crippen LogP contribution in [0.4, 0.5) is 27.5 Å². The summed E-state index contributed by atoms with van der Waals surface area (Å²) < 4.78 is 44.8. The number of hydrogen-bond acceptors (Lipinski definition) is 23. The number of benzene rings is 3. The SMILES string of the molecule is COC1C=CC=C(C)C(=O)Nc2cc(O)c(N=CCOC(=O)c3ccc(C(=O)OCC=Nc4c(O)cc5c(O)c4CC(C)CC(OC)C(O)C(C)C=C(C)C(OC(=O)CN)C(OC)C=CC=C(C)C(=O)N5)cc3)c(c2O)CC(C)CC(OC)C(O)C(C)C=C(C)C1OC(N)=O. The van der Waals surface area contributed by atoms with Crippen molar-refractivity contribution in [3.63, 3.8) is 0 Å². The standard InChI is InChI=1S/C69H90N6O20/c1-36-27-46-57(50(76)33-48(61(46)81)74-65(83)38(3)15-13-17-52(88-9)63(94-56(78)35-70)42(7)31-40(5)59(79)54(29-36)90-11)72-23-25-92-67(85)44-19-21-45(22-20-44)68(86)93-26-24-73-58-47-28-37(2)30-55(91-12)60(80)41(6)32-43(8)64(95-69(71)87)53(89-10)18-14-16-39(4)66(84)75-49(62(47)82)34-51(58)77/h13-24,31-34,36-37,40-41,52-55,59-60,63-64,76-77,79-82H,25-30,35,70H2,1-12H3,(H2,71,87)(H,74,83)(H,75,84). The number of primary amides is 1. The van der Waals surface area contributed by atoms with Crippen LogP contribution in [-0.4, -0.2) is 176 Å². The Morgan fingerprint density at radius 1 is 0.600 bits per heavy atom. The smallest absolute Gasteiger partial charge is 0.405 e. The zero-order valence-corrected chi connectivity index (χ0v) is 55.6. The number of hydrogen-bond donors (Lipinski definition) is 10. The van der Waals surface area contributed by atoms with Gasteiger partial charge in [-0.2, -0.15) is 0 Å². The Labute approximate surface area is 552 Å². The Hall–Kier alpha value is -9.02. The number of nitrogens with zero attached hydrogens (tertiary/aromatic N) is 2. The monoisotopic (exact) mass is 1320 g/mol. The second kappa shape index (κ2) is 36.6. The van der Waals surface area contributed by atoms with E-state index in [4.69, 9.17) is 49.4 Å². The summed E-state index contributed by atoms with van der Waals surface area (Å²) in [6.07, 6.45) is 7.10. The van der Waals surface area contributed by atoms with E-state index in [-0.39, 0.29) is 93.7 Å². The summed E-state index contributed by atoms with van der Waals surface area (Å²) >= 11 is 0. The van der Waals surface area contributed by atoms with Gasteiger partial charge in [-0.15, -0.1) is 0 Å². The van der Waals surface area contributed by atoms with Crippen LogP contribution in [0.5, 0.6) is 23.0 Å². The second-order valence-corrected chi connectivity index (χ2v) is 23.5. The number of esters is 3. The predicted molar refractivity (Wildman–Crippen MR) is 355 cm³/mol. The first-order valence-electron chi connectivity index (χ1n) is 30.7. The van der Waals surface area contributed by atoms with Crippen molar-refractivity contribution in [1.29, 1.82) is 0 Å². The Morgan fingerprint density at radius 3 is 1.33 bits per heavy atom. The number of aliphatic hydroxyl groups excluding tert-OH is 2. The third-order valence-corrected chi connectivity index (χ3v) is 16.2. The lowest BCUT2D eigenvalue weighted by Gasteiger charge is -2.29. The number of aromatic hydroxyl groups is 4. The molecule has 2 heterocycles. The molecule has 4 bridgehead atoms. The molecule has 2 aliphatic heterocycles. The van der Waals surface area contributed by atoms with Gasteiger partial charge in [-0.25, -0.2) is 14.4 Å². The number of anilines is 2. The Morgan fingerprint density at radius 2 is 0.979 bits per heavy atom. The topological polar surface area (TPSA) is 398 Å². The maximum absolute atomic E-state index is 13.5. The maximum Gasteiger partial charge on any atom is 0.405 e. The summed E-state index contributed by atoms with van der Waals surface area (Å²) in [7, 11) is 5.70. The number of amides is 3. The van der Waals surface area contributed by atoms with Crippen molar-refractivity contribution in [3.8, 4) is 23.0 Å². The molecule has 95 heavy (non-hydrogen) atoms. The van der Waals surface area contributed by atoms with E-state index in [9.17, 15) is 59.4 Å². The lowest BCUT2D eigenvalue weighted by Crippen LogP contribution is -2.37. The van der Waals surface area contributed by atoms with Crippen LogP contribution >= 0.6 is 0 Å². The van der Waals surface area contributed by atoms with E-state index in [1.54, 1.807) is 52.0 Å². The molecule has 3 aromatic carbocycles. The van der Waals surface area contributed by atoms with Gasteiger partial charge in [0.15, 0.2) is 12.2 Å². The second-order valence-electron chi connectivity index (χ2n) is 23.5. The quantitative estimate of drug-likeness (QED) is 0.0172. The lowest BCUT2D eigenvalue weighted by molar-refractivity contribution is -0.150. The highest BCUT2D eigenvalue weighted by Gasteiger charge is 2.33. The molecular weight excluding hydrogens is 1230 g/mol. The number of aliphatic imine (C=N–C) groups is 2. The van der Waals surface area contributed by atoms with Crippen molar-refractivity contribution in [2.24, 2.45) is 45.1 Å². The van der Waals surface area contributed by atoms with Crippen LogP contribution in [-0.2, 0) is 65.1 Å². The zero-order chi connectivity index (χ0) is 70.4. The Balaban J connectivity index is 1.32. The summed E-state index contributed by atoms with van der Waals surface area (Å²) in [5.41, 5.74) is 12.3. The number of carbonyl (C=O) groups is 6. The molecular formula is C69H90N6O20. The first kappa shape index (κ1) is 76.7. The number of allylic oxidation sites excluding steroid dienone is 4. The summed E-state index contributed by atoms with van der Waals surface area (Å²) in [5.74, 6) is -7.14. The molecule has 0 saturated carbocycles. The molecule has 26 nitrogen and oxygen atoms in total. The Kier molecular flexibility index (Phi) is 29.5. The molecule has 12 N–H and O–H groups in total. The van der Waals surface area contributed by atoms with Gasteiger partial charge in [0.2, 0.25) is 0 Å². The van der Waals surface area contributed by atoms with Gasteiger partial charge in [0.05, 0.1) is 53.5 Å². The van der Waals surface area contributed by atoms with E-state index in [1.165, 1.54) is 103 Å². The van der Waals surface area contributed by atoms with E-state index in [0.29, 0.717) is 11.1 Å². The highest BCUT2D eigenvalue weighted by atomic mass is 16.6. The minimum absolute atomic E-state index is 0.0387. The normalized spacial score (nSPS) is 24.7. The predicted octanol–water partition coefficient (Wildman–Crippen LogP) is 7.96. The molecule has 5 rings (SSSR count). The average Bonchev–Trinajstić information content (AvgIpc) is 0.990. The highest BCUT2D eigenvalue weighted by molar-refractivity contribution is 6.06. The van der Waals surface area contributed by atoms with Crippen LogP contribution in [0.15, 0.2) is 117 Å². The van der Waals surface area contributed by atoms with Crippen LogP contribution in [0.1, 0.15) is 100 Å². The highest BCUT2D eigenvalue weighted by Crippen LogP contribution is 2.46. The molecule has 0 spiro atoms. The van der Waals surface area contributed by atoms with Crippen molar-refractivity contribution < 1.29 is 97.3 Å². The number of nitrogens with one attached hydrogen (secondary N) is 2. The molecule has 12 unspecified atom stereocenters. The molecule has 3 aromatic rings. The number of methoxy groups -OCH3 is 4. The number of aliphatic hydroxyl groups is 2. The van der Waals surface area contributed by atoms with E-state index in [2.05, 4.69) is 20.6 Å². The van der Waals surface area contributed by atoms with Gasteiger partial charge in [0, 0.05) is 87.1 Å². The van der Waals surface area contributed by atoms with Crippen LogP contribution < -0.4 is 22.1 Å². The number of phenols is 4. The third kappa shape index (κ3) is 21.5. The number of rotatable bonds is 15. The van der Waals surface area contributed by atoms with Gasteiger partial charge in [-0.05, 0) is 101 Å². The lowest BCUT2D eigenvalue weighted by atomic mass is 9.87. The first-order valence-corrected chi connectivity index (χ1v) is 30.7. The largest absolute Gasteiger partial charge is 0.506 e. The van der Waals surface area contributed by atoms with Crippen LogP contribution in [0.2, 0.25) is 0 Å². The van der Waals surface area contributed by atoms with Gasteiger partial charge >= 0.3 is 24.0 Å². The summed E-state index contributed by atoms with van der Waals surface area (Å²) in [4.78, 5) is 86.7. The molecule has 2 aliphatic rings. The summed E-state index contributed by atoms with van der Waals surface area (Å²) in [6, 6.07) is 7.55. The molecule has 0 saturated heterocycles. The summed E-state index contributed by atoms with van der Waals surface area (Å²) in [5, 5.41) is 74.7. The average molecular weight is 1320 g/mol. The van der Waals surface area contributed by atoms with Crippen LogP contribution in [0.3, 0.4) is 0 Å². The fraction of sp³-hybridized carbons (Fsp3) is 0.449. The minimum atomic E-state index is -1.09. The molecule has 0 aromatic heterocycles. The number of ether oxygens (including phenoxy) is 8. The van der Waals surface area contributed by atoms with Gasteiger partial charge < -0.3 is 90.6 Å². The number of fused-ring (bicyclic) bond motifs is 4.